The van der Waals surface area contributed by atoms with Crippen LogP contribution in [-0.2, 0) is 16.0 Å². The topological polar surface area (TPSA) is 112 Å². The molecule has 2 N–H and O–H groups in total. The van der Waals surface area contributed by atoms with Gasteiger partial charge in [-0.3, -0.25) is 4.79 Å². The van der Waals surface area contributed by atoms with Crippen LogP contribution in [0.2, 0.25) is 0 Å². The van der Waals surface area contributed by atoms with E-state index < -0.39 is 29.1 Å². The quantitative estimate of drug-likeness (QED) is 0.554. The second-order valence-electron chi connectivity index (χ2n) is 9.59. The van der Waals surface area contributed by atoms with Gasteiger partial charge in [0.15, 0.2) is 11.2 Å². The van der Waals surface area contributed by atoms with E-state index in [9.17, 15) is 20.3 Å². The first-order valence-electron chi connectivity index (χ1n) is 11.9. The van der Waals surface area contributed by atoms with Crippen LogP contribution in [0.1, 0.15) is 28.2 Å². The van der Waals surface area contributed by atoms with E-state index in [1.54, 1.807) is 45.5 Å². The third-order valence-electron chi connectivity index (χ3n) is 7.60. The minimum absolute atomic E-state index is 0.191. The lowest BCUT2D eigenvalue weighted by Gasteiger charge is -2.41. The number of carbonyl (C=O) groups is 1. The predicted octanol–water partition coefficient (Wildman–Crippen LogP) is 2.91. The van der Waals surface area contributed by atoms with Gasteiger partial charge < -0.3 is 29.3 Å². The molecule has 37 heavy (non-hydrogen) atoms. The van der Waals surface area contributed by atoms with Gasteiger partial charge in [0, 0.05) is 20.0 Å². The summed E-state index contributed by atoms with van der Waals surface area (Å²) in [5.41, 5.74) is -2.02. The molecule has 1 fully saturated rings. The van der Waals surface area contributed by atoms with Crippen molar-refractivity contribution in [2.75, 3.05) is 28.3 Å². The van der Waals surface area contributed by atoms with Gasteiger partial charge >= 0.3 is 0 Å². The van der Waals surface area contributed by atoms with Crippen molar-refractivity contribution in [1.29, 1.82) is 5.26 Å². The molecule has 190 valence electrons. The van der Waals surface area contributed by atoms with Crippen LogP contribution < -0.4 is 14.2 Å². The van der Waals surface area contributed by atoms with Crippen LogP contribution >= 0.6 is 0 Å². The maximum atomic E-state index is 13.7. The van der Waals surface area contributed by atoms with Crippen LogP contribution in [0.5, 0.6) is 17.2 Å². The first kappa shape index (κ1) is 24.6. The molecule has 1 aliphatic heterocycles. The number of amides is 1. The summed E-state index contributed by atoms with van der Waals surface area (Å²) < 4.78 is 17.7. The van der Waals surface area contributed by atoms with Crippen LogP contribution in [0.4, 0.5) is 0 Å². The first-order valence-corrected chi connectivity index (χ1v) is 11.9. The molecule has 8 nitrogen and oxygen atoms in total. The number of rotatable bonds is 5. The van der Waals surface area contributed by atoms with Gasteiger partial charge in [0.1, 0.15) is 23.4 Å². The molecule has 5 atom stereocenters. The highest BCUT2D eigenvalue weighted by molar-refractivity contribution is 5.83. The number of benzene rings is 3. The molecule has 1 saturated carbocycles. The van der Waals surface area contributed by atoms with Gasteiger partial charge in [-0.05, 0) is 35.4 Å². The molecule has 0 radical (unpaired) electrons. The Balaban J connectivity index is 1.89. The summed E-state index contributed by atoms with van der Waals surface area (Å²) in [5.74, 6) is -1.22. The van der Waals surface area contributed by atoms with E-state index in [1.165, 1.54) is 24.1 Å². The monoisotopic (exact) mass is 500 g/mol. The van der Waals surface area contributed by atoms with E-state index in [1.807, 2.05) is 30.3 Å². The van der Waals surface area contributed by atoms with Gasteiger partial charge in [-0.1, -0.05) is 42.5 Å². The summed E-state index contributed by atoms with van der Waals surface area (Å²) in [4.78, 5) is 15.1. The van der Waals surface area contributed by atoms with E-state index >= 15 is 0 Å². The Labute approximate surface area is 215 Å². The predicted molar refractivity (Wildman–Crippen MR) is 134 cm³/mol. The van der Waals surface area contributed by atoms with Gasteiger partial charge in [0.05, 0.1) is 37.3 Å². The number of aliphatic hydroxyl groups is 2. The molecular weight excluding hydrogens is 472 g/mol. The van der Waals surface area contributed by atoms with Gasteiger partial charge in [-0.25, -0.2) is 0 Å². The molecular formula is C29H28N2O6. The number of aliphatic hydroxyl groups excluding tert-OH is 1. The highest BCUT2D eigenvalue weighted by Gasteiger charge is 2.78. The number of nitrogens with zero attached hydrogens (tertiary/aromatic N) is 2. The third-order valence-corrected chi connectivity index (χ3v) is 7.60. The average molecular weight is 501 g/mol. The highest BCUT2D eigenvalue weighted by atomic mass is 16.5. The van der Waals surface area contributed by atoms with Crippen LogP contribution in [0.25, 0.3) is 0 Å². The number of methoxy groups -OCH3 is 2. The Bertz CT molecular complexity index is 1380. The molecule has 1 heterocycles. The van der Waals surface area contributed by atoms with E-state index in [4.69, 9.17) is 14.2 Å². The number of fused-ring (bicyclic) bond motifs is 3. The Hall–Kier alpha value is -4.06. The van der Waals surface area contributed by atoms with E-state index in [0.717, 1.165) is 0 Å². The summed E-state index contributed by atoms with van der Waals surface area (Å²) in [7, 11) is 6.21. The fourth-order valence-corrected chi connectivity index (χ4v) is 6.05. The lowest BCUT2D eigenvalue weighted by molar-refractivity contribution is -0.156. The molecule has 3 aromatic rings. The van der Waals surface area contributed by atoms with E-state index in [0.29, 0.717) is 16.9 Å². The zero-order valence-corrected chi connectivity index (χ0v) is 21.0. The van der Waals surface area contributed by atoms with Crippen LogP contribution in [0.3, 0.4) is 0 Å². The summed E-state index contributed by atoms with van der Waals surface area (Å²) in [5, 5.41) is 34.3. The Kier molecular flexibility index (Phi) is 5.86. The molecule has 5 unspecified atom stereocenters. The zero-order valence-electron chi connectivity index (χ0n) is 21.0. The lowest BCUT2D eigenvalue weighted by Crippen LogP contribution is -2.52. The number of nitriles is 1. The fraction of sp³-hybridized carbons (Fsp3) is 0.310. The number of hydrogen-bond acceptors (Lipinski definition) is 7. The maximum Gasteiger partial charge on any atom is 0.228 e. The summed E-state index contributed by atoms with van der Waals surface area (Å²) >= 11 is 0. The molecule has 1 aliphatic carbocycles. The van der Waals surface area contributed by atoms with Gasteiger partial charge in [0.2, 0.25) is 5.91 Å². The second kappa shape index (κ2) is 8.80. The van der Waals surface area contributed by atoms with Gasteiger partial charge in [-0.15, -0.1) is 0 Å². The van der Waals surface area contributed by atoms with Crippen molar-refractivity contribution in [3.05, 3.63) is 89.0 Å². The van der Waals surface area contributed by atoms with Crippen molar-refractivity contribution < 1.29 is 29.2 Å². The summed E-state index contributed by atoms with van der Waals surface area (Å²) in [6.07, 6.45) is -1.57. The van der Waals surface area contributed by atoms with Crippen LogP contribution in [0, 0.1) is 17.2 Å². The second-order valence-corrected chi connectivity index (χ2v) is 9.59. The van der Waals surface area contributed by atoms with Crippen LogP contribution in [-0.4, -0.2) is 55.4 Å². The summed E-state index contributed by atoms with van der Waals surface area (Å²) in [6.45, 7) is 0. The molecule has 0 bridgehead atoms. The lowest BCUT2D eigenvalue weighted by atomic mass is 9.70. The smallest absolute Gasteiger partial charge is 0.228 e. The molecule has 0 aromatic heterocycles. The van der Waals surface area contributed by atoms with E-state index in [2.05, 4.69) is 6.07 Å². The number of ether oxygens (including phenoxy) is 3. The van der Waals surface area contributed by atoms with Crippen molar-refractivity contribution >= 4 is 5.91 Å². The Morgan fingerprint density at radius 1 is 1.05 bits per heavy atom. The average Bonchev–Trinajstić information content (AvgIpc) is 3.30. The minimum Gasteiger partial charge on any atom is -0.497 e. The molecule has 8 heteroatoms. The van der Waals surface area contributed by atoms with Gasteiger partial charge in [-0.2, -0.15) is 5.26 Å². The van der Waals surface area contributed by atoms with E-state index in [-0.39, 0.29) is 28.5 Å². The van der Waals surface area contributed by atoms with Crippen molar-refractivity contribution in [3.63, 3.8) is 0 Å². The normalized spacial score (nSPS) is 27.4. The van der Waals surface area contributed by atoms with Crippen molar-refractivity contribution in [3.8, 4) is 23.3 Å². The zero-order chi connectivity index (χ0) is 26.5. The van der Waals surface area contributed by atoms with Crippen molar-refractivity contribution in [2.45, 2.75) is 23.2 Å². The van der Waals surface area contributed by atoms with Crippen molar-refractivity contribution in [2.24, 2.45) is 5.92 Å². The van der Waals surface area contributed by atoms with Crippen molar-refractivity contribution in [1.82, 2.24) is 4.90 Å². The maximum absolute atomic E-state index is 13.7. The molecule has 0 saturated heterocycles. The highest BCUT2D eigenvalue weighted by Crippen LogP contribution is 2.70. The third kappa shape index (κ3) is 3.24. The Morgan fingerprint density at radius 3 is 2.30 bits per heavy atom. The molecule has 5 rings (SSSR count). The minimum atomic E-state index is -2.10. The Morgan fingerprint density at radius 2 is 1.73 bits per heavy atom. The number of carbonyl (C=O) groups excluding carboxylic acids is 1. The molecule has 2 aliphatic rings. The molecule has 1 amide bonds. The first-order chi connectivity index (χ1) is 17.7. The summed E-state index contributed by atoms with van der Waals surface area (Å²) in [6, 6.07) is 21.4. The SMILES string of the molecule is COc1ccc(C23Oc4cc(C#N)cc(OC)c4C2(O)C(O)C(C(=O)N(C)C)C3c2ccccc2)cc1. The number of hydrogen-bond donors (Lipinski definition) is 2. The fourth-order valence-electron chi connectivity index (χ4n) is 6.05. The van der Waals surface area contributed by atoms with Crippen LogP contribution in [0.15, 0.2) is 66.7 Å². The largest absolute Gasteiger partial charge is 0.497 e. The standard InChI is InChI=1S/C29H28N2O6/c1-31(2)27(33)23-24(18-8-6-5-7-9-18)29(19-10-12-20(35-3)13-11-19)28(34,26(23)32)25-21(36-4)14-17(16-30)15-22(25)37-29/h5-15,23-24,26,32,34H,1-4H3. The molecule has 3 aromatic carbocycles. The van der Waals surface area contributed by atoms with Gasteiger partial charge in [0.25, 0.3) is 0 Å². The molecule has 0 spiro atoms.